The zero-order valence-electron chi connectivity index (χ0n) is 11.9. The number of rotatable bonds is 6. The zero-order valence-corrected chi connectivity index (χ0v) is 12.7. The fourth-order valence-electron chi connectivity index (χ4n) is 2.27. The lowest BCUT2D eigenvalue weighted by molar-refractivity contribution is 0.448. The summed E-state index contributed by atoms with van der Waals surface area (Å²) in [5.41, 5.74) is 2.12. The highest BCUT2D eigenvalue weighted by Crippen LogP contribution is 2.19. The summed E-state index contributed by atoms with van der Waals surface area (Å²) in [6.07, 6.45) is 0.652. The van der Waals surface area contributed by atoms with Crippen LogP contribution in [0.25, 0.3) is 11.0 Å². The van der Waals surface area contributed by atoms with E-state index in [9.17, 15) is 8.42 Å². The molecule has 0 spiro atoms. The highest BCUT2D eigenvalue weighted by Gasteiger charge is 2.16. The number of nitrogens with zero attached hydrogens (tertiary/aromatic N) is 1. The molecule has 0 aliphatic carbocycles. The van der Waals surface area contributed by atoms with Gasteiger partial charge in [-0.1, -0.05) is 47.6 Å². The van der Waals surface area contributed by atoms with Crippen LogP contribution < -0.4 is 4.72 Å². The summed E-state index contributed by atoms with van der Waals surface area (Å²) in [7, 11) is -3.44. The van der Waals surface area contributed by atoms with Gasteiger partial charge in [-0.3, -0.25) is 0 Å². The average Bonchev–Trinajstić information content (AvgIpc) is 2.91. The maximum absolute atomic E-state index is 12.1. The van der Waals surface area contributed by atoms with E-state index in [1.807, 2.05) is 42.5 Å². The second-order valence-corrected chi connectivity index (χ2v) is 6.82. The van der Waals surface area contributed by atoms with Gasteiger partial charge in [0.05, 0.1) is 0 Å². The van der Waals surface area contributed by atoms with Crippen molar-refractivity contribution in [1.82, 2.24) is 9.88 Å². The number of para-hydroxylation sites is 1. The molecule has 114 valence electrons. The lowest BCUT2D eigenvalue weighted by atomic mass is 10.2. The lowest BCUT2D eigenvalue weighted by Gasteiger charge is -2.05. The number of benzene rings is 2. The van der Waals surface area contributed by atoms with Crippen LogP contribution in [0.15, 0.2) is 59.1 Å². The minimum Gasteiger partial charge on any atom is -0.356 e. The molecule has 0 atom stereocenters. The van der Waals surface area contributed by atoms with Crippen LogP contribution >= 0.6 is 0 Å². The summed E-state index contributed by atoms with van der Waals surface area (Å²) in [6.45, 7) is 0.363. The molecule has 2 aromatic carbocycles. The Labute approximate surface area is 129 Å². The van der Waals surface area contributed by atoms with Crippen LogP contribution in [-0.4, -0.2) is 20.1 Å². The van der Waals surface area contributed by atoms with Gasteiger partial charge in [0.15, 0.2) is 5.58 Å². The first-order chi connectivity index (χ1) is 10.6. The van der Waals surface area contributed by atoms with Gasteiger partial charge in [-0.2, -0.15) is 0 Å². The predicted molar refractivity (Wildman–Crippen MR) is 84.8 cm³/mol. The van der Waals surface area contributed by atoms with Crippen molar-refractivity contribution in [2.75, 3.05) is 6.54 Å². The average molecular weight is 316 g/mol. The third-order valence-corrected chi connectivity index (χ3v) is 4.65. The van der Waals surface area contributed by atoms with E-state index in [-0.39, 0.29) is 5.75 Å². The van der Waals surface area contributed by atoms with Gasteiger partial charge in [-0.25, -0.2) is 13.1 Å². The molecular formula is C16H16N2O3S. The molecule has 22 heavy (non-hydrogen) atoms. The molecule has 3 aromatic rings. The third-order valence-electron chi connectivity index (χ3n) is 3.36. The third kappa shape index (κ3) is 3.52. The summed E-state index contributed by atoms with van der Waals surface area (Å²) >= 11 is 0. The fraction of sp³-hybridized carbons (Fsp3) is 0.188. The Morgan fingerprint density at radius 1 is 1.00 bits per heavy atom. The van der Waals surface area contributed by atoms with Crippen molar-refractivity contribution in [3.05, 3.63) is 65.9 Å². The molecule has 1 heterocycles. The number of aromatic nitrogens is 1. The van der Waals surface area contributed by atoms with E-state index in [1.54, 1.807) is 12.1 Å². The highest BCUT2D eigenvalue weighted by molar-refractivity contribution is 7.88. The maximum Gasteiger partial charge on any atom is 0.217 e. The van der Waals surface area contributed by atoms with E-state index < -0.39 is 10.0 Å². The SMILES string of the molecule is O=S(=O)(Cc1noc2ccccc12)NCCc1ccccc1. The van der Waals surface area contributed by atoms with Crippen LogP contribution in [0.5, 0.6) is 0 Å². The maximum atomic E-state index is 12.1. The smallest absolute Gasteiger partial charge is 0.217 e. The number of hydrogen-bond donors (Lipinski definition) is 1. The Morgan fingerprint density at radius 2 is 1.73 bits per heavy atom. The molecule has 5 nitrogen and oxygen atoms in total. The van der Waals surface area contributed by atoms with Crippen molar-refractivity contribution in [3.8, 4) is 0 Å². The van der Waals surface area contributed by atoms with Gasteiger partial charge < -0.3 is 4.52 Å². The van der Waals surface area contributed by atoms with E-state index in [2.05, 4.69) is 9.88 Å². The van der Waals surface area contributed by atoms with Crippen LogP contribution in [0.3, 0.4) is 0 Å². The molecule has 0 aliphatic rings. The summed E-state index contributed by atoms with van der Waals surface area (Å²) < 4.78 is 32.0. The predicted octanol–water partition coefficient (Wildman–Crippen LogP) is 2.49. The second kappa shape index (κ2) is 6.29. The number of fused-ring (bicyclic) bond motifs is 1. The number of sulfonamides is 1. The van der Waals surface area contributed by atoms with Gasteiger partial charge in [-0.05, 0) is 24.1 Å². The van der Waals surface area contributed by atoms with Crippen LogP contribution in [-0.2, 0) is 22.2 Å². The normalized spacial score (nSPS) is 11.8. The molecule has 0 fully saturated rings. The van der Waals surface area contributed by atoms with E-state index in [1.165, 1.54) is 0 Å². The van der Waals surface area contributed by atoms with Crippen molar-refractivity contribution in [2.24, 2.45) is 0 Å². The second-order valence-electron chi connectivity index (χ2n) is 5.01. The van der Waals surface area contributed by atoms with Crippen LogP contribution in [0.4, 0.5) is 0 Å². The van der Waals surface area contributed by atoms with Gasteiger partial charge in [0.2, 0.25) is 10.0 Å². The Balaban J connectivity index is 1.64. The Hall–Kier alpha value is -2.18. The first-order valence-corrected chi connectivity index (χ1v) is 8.64. The number of hydrogen-bond acceptors (Lipinski definition) is 4. The van der Waals surface area contributed by atoms with Gasteiger partial charge in [-0.15, -0.1) is 0 Å². The first-order valence-electron chi connectivity index (χ1n) is 6.99. The molecule has 0 radical (unpaired) electrons. The molecule has 0 unspecified atom stereocenters. The quantitative estimate of drug-likeness (QED) is 0.758. The molecule has 1 N–H and O–H groups in total. The van der Waals surface area contributed by atoms with Crippen molar-refractivity contribution < 1.29 is 12.9 Å². The molecule has 3 rings (SSSR count). The van der Waals surface area contributed by atoms with Crippen LogP contribution in [0.2, 0.25) is 0 Å². The van der Waals surface area contributed by atoms with Crippen molar-refractivity contribution in [2.45, 2.75) is 12.2 Å². The molecule has 6 heteroatoms. The van der Waals surface area contributed by atoms with E-state index in [0.717, 1.165) is 10.9 Å². The first kappa shape index (κ1) is 14.7. The molecule has 0 amide bonds. The minimum atomic E-state index is -3.44. The van der Waals surface area contributed by atoms with E-state index >= 15 is 0 Å². The number of nitrogens with one attached hydrogen (secondary N) is 1. The standard InChI is InChI=1S/C16H16N2O3S/c19-22(20,17-11-10-13-6-2-1-3-7-13)12-15-14-8-4-5-9-16(14)21-18-15/h1-9,17H,10-12H2. The Morgan fingerprint density at radius 3 is 2.55 bits per heavy atom. The van der Waals surface area contributed by atoms with Gasteiger partial charge in [0.1, 0.15) is 11.4 Å². The topological polar surface area (TPSA) is 72.2 Å². The van der Waals surface area contributed by atoms with Crippen molar-refractivity contribution >= 4 is 21.0 Å². The van der Waals surface area contributed by atoms with E-state index in [0.29, 0.717) is 24.2 Å². The highest BCUT2D eigenvalue weighted by atomic mass is 32.2. The van der Waals surface area contributed by atoms with Gasteiger partial charge in [0, 0.05) is 11.9 Å². The minimum absolute atomic E-state index is 0.182. The van der Waals surface area contributed by atoms with Crippen LogP contribution in [0.1, 0.15) is 11.3 Å². The summed E-state index contributed by atoms with van der Waals surface area (Å²) in [6, 6.07) is 17.0. The van der Waals surface area contributed by atoms with Gasteiger partial charge in [0.25, 0.3) is 0 Å². The molecule has 1 aromatic heterocycles. The van der Waals surface area contributed by atoms with Crippen molar-refractivity contribution in [1.29, 1.82) is 0 Å². The molecule has 0 saturated carbocycles. The van der Waals surface area contributed by atoms with Crippen molar-refractivity contribution in [3.63, 3.8) is 0 Å². The summed E-state index contributed by atoms with van der Waals surface area (Å²) in [5.74, 6) is -0.182. The van der Waals surface area contributed by atoms with Crippen LogP contribution in [0, 0.1) is 0 Å². The van der Waals surface area contributed by atoms with E-state index in [4.69, 9.17) is 4.52 Å². The summed E-state index contributed by atoms with van der Waals surface area (Å²) in [5, 5.41) is 4.58. The molecule has 0 bridgehead atoms. The fourth-order valence-corrected chi connectivity index (χ4v) is 3.35. The molecular weight excluding hydrogens is 300 g/mol. The molecule has 0 aliphatic heterocycles. The monoisotopic (exact) mass is 316 g/mol. The summed E-state index contributed by atoms with van der Waals surface area (Å²) in [4.78, 5) is 0. The largest absolute Gasteiger partial charge is 0.356 e. The lowest BCUT2D eigenvalue weighted by Crippen LogP contribution is -2.27. The Bertz CT molecular complexity index is 857. The Kier molecular flexibility index (Phi) is 4.22. The molecule has 0 saturated heterocycles. The van der Waals surface area contributed by atoms with Gasteiger partial charge >= 0.3 is 0 Å². The zero-order chi connectivity index (χ0) is 15.4.